The summed E-state index contributed by atoms with van der Waals surface area (Å²) in [7, 11) is 0. The summed E-state index contributed by atoms with van der Waals surface area (Å²) in [5.74, 6) is 0.752. The highest BCUT2D eigenvalue weighted by atomic mass is 32.1. The van der Waals surface area contributed by atoms with Crippen LogP contribution in [-0.4, -0.2) is 20.6 Å². The van der Waals surface area contributed by atoms with Crippen LogP contribution in [0.4, 0.5) is 0 Å². The fourth-order valence-electron chi connectivity index (χ4n) is 2.30. The van der Waals surface area contributed by atoms with Crippen LogP contribution in [0, 0.1) is 0 Å². The first-order chi connectivity index (χ1) is 9.31. The van der Waals surface area contributed by atoms with E-state index in [0.717, 1.165) is 19.0 Å². The highest BCUT2D eigenvalue weighted by Gasteiger charge is 2.22. The lowest BCUT2D eigenvalue weighted by Gasteiger charge is -2.22. The van der Waals surface area contributed by atoms with Gasteiger partial charge in [0, 0.05) is 48.5 Å². The Morgan fingerprint density at radius 2 is 2.42 bits per heavy atom. The molecule has 0 unspecified atom stereocenters. The highest BCUT2D eigenvalue weighted by Crippen LogP contribution is 2.38. The lowest BCUT2D eigenvalue weighted by Crippen LogP contribution is -2.29. The molecule has 2 aromatic heterocycles. The number of hydrogen-bond donors (Lipinski definition) is 1. The average Bonchev–Trinajstić information content (AvgIpc) is 2.96. The molecule has 102 valence electrons. The number of nitrogens with zero attached hydrogens (tertiary/aromatic N) is 3. The Morgan fingerprint density at radius 1 is 1.53 bits per heavy atom. The van der Waals surface area contributed by atoms with Crippen LogP contribution in [0.2, 0.25) is 0 Å². The van der Waals surface area contributed by atoms with E-state index in [-0.39, 0.29) is 0 Å². The van der Waals surface area contributed by atoms with Crippen LogP contribution in [0.3, 0.4) is 0 Å². The number of thiazole rings is 1. The van der Waals surface area contributed by atoms with Gasteiger partial charge in [0.25, 0.3) is 0 Å². The topological polar surface area (TPSA) is 42.7 Å². The molecule has 4 nitrogen and oxygen atoms in total. The van der Waals surface area contributed by atoms with Crippen molar-refractivity contribution < 1.29 is 0 Å². The van der Waals surface area contributed by atoms with Crippen molar-refractivity contribution in [3.8, 4) is 0 Å². The number of hydrogen-bond acceptors (Lipinski definition) is 4. The molecular weight excluding hydrogens is 256 g/mol. The van der Waals surface area contributed by atoms with E-state index >= 15 is 0 Å². The molecule has 1 N–H and O–H groups in total. The summed E-state index contributed by atoms with van der Waals surface area (Å²) in [5.41, 5.74) is 0. The lowest BCUT2D eigenvalue weighted by molar-refractivity contribution is 0.418. The van der Waals surface area contributed by atoms with Crippen molar-refractivity contribution in [1.29, 1.82) is 0 Å². The molecule has 1 fully saturated rings. The minimum Gasteiger partial charge on any atom is -0.336 e. The van der Waals surface area contributed by atoms with Gasteiger partial charge in [-0.2, -0.15) is 0 Å². The third-order valence-corrected chi connectivity index (χ3v) is 4.85. The summed E-state index contributed by atoms with van der Waals surface area (Å²) in [6.07, 6.45) is 11.8. The maximum absolute atomic E-state index is 4.56. The second kappa shape index (κ2) is 5.84. The second-order valence-electron chi connectivity index (χ2n) is 5.33. The molecule has 1 aliphatic carbocycles. The monoisotopic (exact) mass is 276 g/mol. The molecular formula is C14H20N4S. The summed E-state index contributed by atoms with van der Waals surface area (Å²) in [6.45, 7) is 4.07. The third-order valence-electron chi connectivity index (χ3n) is 3.69. The van der Waals surface area contributed by atoms with Crippen LogP contribution in [0.5, 0.6) is 0 Å². The van der Waals surface area contributed by atoms with E-state index in [2.05, 4.69) is 26.8 Å². The Morgan fingerprint density at radius 3 is 3.11 bits per heavy atom. The summed E-state index contributed by atoms with van der Waals surface area (Å²) < 4.78 is 2.10. The Hall–Kier alpha value is -1.20. The summed E-state index contributed by atoms with van der Waals surface area (Å²) >= 11 is 1.87. The van der Waals surface area contributed by atoms with E-state index in [9.17, 15) is 0 Å². The molecule has 0 radical (unpaired) electrons. The maximum Gasteiger partial charge on any atom is 0.0959 e. The number of aromatic nitrogens is 3. The number of nitrogens with one attached hydrogen (secondary N) is 1. The standard InChI is InChI=1S/C14H20N4S/c1-11(9-18-6-5-15-10-18)16-7-13-8-17-14(19-13)12-3-2-4-12/h5-6,8,10-12,16H,2-4,7,9H2,1H3/t11-/m1/s1. The van der Waals surface area contributed by atoms with Gasteiger partial charge >= 0.3 is 0 Å². The Kier molecular flexibility index (Phi) is 3.94. The van der Waals surface area contributed by atoms with E-state index in [4.69, 9.17) is 0 Å². The van der Waals surface area contributed by atoms with Gasteiger partial charge in [-0.05, 0) is 19.8 Å². The maximum atomic E-state index is 4.56. The fraction of sp³-hybridized carbons (Fsp3) is 0.571. The van der Waals surface area contributed by atoms with Crippen molar-refractivity contribution in [2.45, 2.75) is 51.2 Å². The van der Waals surface area contributed by atoms with Crippen LogP contribution in [0.25, 0.3) is 0 Å². The van der Waals surface area contributed by atoms with Gasteiger partial charge in [-0.1, -0.05) is 6.42 Å². The molecule has 1 aliphatic rings. The zero-order valence-electron chi connectivity index (χ0n) is 11.2. The molecule has 2 aromatic rings. The molecule has 5 heteroatoms. The van der Waals surface area contributed by atoms with Crippen molar-refractivity contribution in [1.82, 2.24) is 19.9 Å². The van der Waals surface area contributed by atoms with Gasteiger partial charge in [0.2, 0.25) is 0 Å². The van der Waals surface area contributed by atoms with Gasteiger partial charge in [0.05, 0.1) is 11.3 Å². The van der Waals surface area contributed by atoms with E-state index in [1.54, 1.807) is 0 Å². The number of rotatable bonds is 6. The first-order valence-electron chi connectivity index (χ1n) is 6.95. The van der Waals surface area contributed by atoms with E-state index < -0.39 is 0 Å². The summed E-state index contributed by atoms with van der Waals surface area (Å²) in [5, 5.41) is 4.89. The Balaban J connectivity index is 1.47. The minimum atomic E-state index is 0.434. The van der Waals surface area contributed by atoms with Gasteiger partial charge in [-0.3, -0.25) is 0 Å². The lowest BCUT2D eigenvalue weighted by atomic mass is 9.86. The van der Waals surface area contributed by atoms with Crippen molar-refractivity contribution >= 4 is 11.3 Å². The minimum absolute atomic E-state index is 0.434. The molecule has 0 amide bonds. The molecule has 0 bridgehead atoms. The van der Waals surface area contributed by atoms with Crippen LogP contribution < -0.4 is 5.32 Å². The van der Waals surface area contributed by atoms with Crippen LogP contribution in [-0.2, 0) is 13.1 Å². The molecule has 1 atom stereocenters. The van der Waals surface area contributed by atoms with Crippen molar-refractivity contribution in [2.24, 2.45) is 0 Å². The van der Waals surface area contributed by atoms with Gasteiger partial charge in [-0.25, -0.2) is 9.97 Å². The largest absolute Gasteiger partial charge is 0.336 e. The molecule has 3 rings (SSSR count). The molecule has 0 aliphatic heterocycles. The highest BCUT2D eigenvalue weighted by molar-refractivity contribution is 7.11. The molecule has 1 saturated carbocycles. The third kappa shape index (κ3) is 3.22. The predicted octanol–water partition coefficient (Wildman–Crippen LogP) is 2.79. The van der Waals surface area contributed by atoms with Crippen LogP contribution in [0.15, 0.2) is 24.9 Å². The second-order valence-corrected chi connectivity index (χ2v) is 6.48. The SMILES string of the molecule is C[C@H](Cn1ccnc1)NCc1cnc(C2CCC2)s1. The normalized spacial score (nSPS) is 17.3. The smallest absolute Gasteiger partial charge is 0.0959 e. The Bertz CT molecular complexity index is 501. The summed E-state index contributed by atoms with van der Waals surface area (Å²) in [4.78, 5) is 9.96. The average molecular weight is 276 g/mol. The first kappa shape index (κ1) is 12.8. The molecule has 2 heterocycles. The Labute approximate surface area is 117 Å². The van der Waals surface area contributed by atoms with Crippen LogP contribution in [0.1, 0.15) is 42.0 Å². The van der Waals surface area contributed by atoms with Gasteiger partial charge in [0.15, 0.2) is 0 Å². The number of imidazole rings is 1. The van der Waals surface area contributed by atoms with E-state index in [1.165, 1.54) is 29.1 Å². The zero-order valence-corrected chi connectivity index (χ0v) is 12.1. The van der Waals surface area contributed by atoms with Crippen molar-refractivity contribution in [2.75, 3.05) is 0 Å². The zero-order chi connectivity index (χ0) is 13.1. The van der Waals surface area contributed by atoms with Gasteiger partial charge in [0.1, 0.15) is 0 Å². The molecule has 0 spiro atoms. The molecule has 0 saturated heterocycles. The van der Waals surface area contributed by atoms with Crippen LogP contribution >= 0.6 is 11.3 Å². The quantitative estimate of drug-likeness (QED) is 0.882. The fourth-order valence-corrected chi connectivity index (χ4v) is 3.34. The molecule has 19 heavy (non-hydrogen) atoms. The predicted molar refractivity (Wildman–Crippen MR) is 77.2 cm³/mol. The van der Waals surface area contributed by atoms with Gasteiger partial charge in [-0.15, -0.1) is 11.3 Å². The van der Waals surface area contributed by atoms with Crippen molar-refractivity contribution in [3.63, 3.8) is 0 Å². The first-order valence-corrected chi connectivity index (χ1v) is 7.76. The van der Waals surface area contributed by atoms with Crippen molar-refractivity contribution in [3.05, 3.63) is 34.8 Å². The summed E-state index contributed by atoms with van der Waals surface area (Å²) in [6, 6.07) is 0.434. The van der Waals surface area contributed by atoms with E-state index in [1.807, 2.05) is 36.3 Å². The van der Waals surface area contributed by atoms with E-state index in [0.29, 0.717) is 6.04 Å². The molecule has 0 aromatic carbocycles. The van der Waals surface area contributed by atoms with Gasteiger partial charge < -0.3 is 9.88 Å².